The SMILES string of the molecule is CCC(C)(CO)CNc1ccc(CN2CCOCC2)cc1. The van der Waals surface area contributed by atoms with Crippen LogP contribution in [0, 0.1) is 5.41 Å². The van der Waals surface area contributed by atoms with Crippen molar-refractivity contribution in [2.75, 3.05) is 44.8 Å². The van der Waals surface area contributed by atoms with Gasteiger partial charge >= 0.3 is 0 Å². The van der Waals surface area contributed by atoms with Crippen molar-refractivity contribution in [3.63, 3.8) is 0 Å². The van der Waals surface area contributed by atoms with Crippen LogP contribution >= 0.6 is 0 Å². The van der Waals surface area contributed by atoms with Crippen LogP contribution in [0.4, 0.5) is 5.69 Å². The second kappa shape index (κ2) is 7.78. The minimum absolute atomic E-state index is 0.0491. The molecular formula is C17H28N2O2. The lowest BCUT2D eigenvalue weighted by atomic mass is 9.88. The molecular weight excluding hydrogens is 264 g/mol. The third-order valence-corrected chi connectivity index (χ3v) is 4.42. The van der Waals surface area contributed by atoms with E-state index in [1.54, 1.807) is 0 Å². The molecule has 1 atom stereocenters. The number of nitrogens with one attached hydrogen (secondary N) is 1. The third-order valence-electron chi connectivity index (χ3n) is 4.42. The van der Waals surface area contributed by atoms with Crippen molar-refractivity contribution >= 4 is 5.69 Å². The molecule has 1 aliphatic rings. The maximum absolute atomic E-state index is 9.43. The van der Waals surface area contributed by atoms with Gasteiger partial charge in [0, 0.05) is 37.3 Å². The summed E-state index contributed by atoms with van der Waals surface area (Å²) >= 11 is 0. The second-order valence-electron chi connectivity index (χ2n) is 6.26. The molecule has 0 radical (unpaired) electrons. The second-order valence-corrected chi connectivity index (χ2v) is 6.26. The van der Waals surface area contributed by atoms with Crippen molar-refractivity contribution in [2.24, 2.45) is 5.41 Å². The van der Waals surface area contributed by atoms with Crippen LogP contribution in [0.2, 0.25) is 0 Å². The van der Waals surface area contributed by atoms with Gasteiger partial charge in [-0.05, 0) is 24.1 Å². The molecule has 1 heterocycles. The normalized spacial score (nSPS) is 19.2. The molecule has 0 amide bonds. The van der Waals surface area contributed by atoms with Crippen molar-refractivity contribution in [1.29, 1.82) is 0 Å². The van der Waals surface area contributed by atoms with Gasteiger partial charge in [0.1, 0.15) is 0 Å². The Hall–Kier alpha value is -1.10. The first-order chi connectivity index (χ1) is 10.1. The van der Waals surface area contributed by atoms with Crippen LogP contribution in [0.5, 0.6) is 0 Å². The maximum atomic E-state index is 9.43. The first-order valence-corrected chi connectivity index (χ1v) is 7.89. The summed E-state index contributed by atoms with van der Waals surface area (Å²) in [6.07, 6.45) is 0.964. The number of benzene rings is 1. The lowest BCUT2D eigenvalue weighted by molar-refractivity contribution is 0.0342. The molecule has 21 heavy (non-hydrogen) atoms. The van der Waals surface area contributed by atoms with Gasteiger partial charge in [0.2, 0.25) is 0 Å². The first-order valence-electron chi connectivity index (χ1n) is 7.89. The summed E-state index contributed by atoms with van der Waals surface area (Å²) in [6.45, 7) is 9.95. The summed E-state index contributed by atoms with van der Waals surface area (Å²) in [5, 5.41) is 12.9. The Bertz CT molecular complexity index is 409. The van der Waals surface area contributed by atoms with Crippen LogP contribution < -0.4 is 5.32 Å². The van der Waals surface area contributed by atoms with Crippen LogP contribution in [-0.2, 0) is 11.3 Å². The largest absolute Gasteiger partial charge is 0.396 e. The lowest BCUT2D eigenvalue weighted by Gasteiger charge is -2.27. The molecule has 1 unspecified atom stereocenters. The van der Waals surface area contributed by atoms with E-state index in [0.29, 0.717) is 0 Å². The fraction of sp³-hybridized carbons (Fsp3) is 0.647. The van der Waals surface area contributed by atoms with Gasteiger partial charge in [-0.1, -0.05) is 26.0 Å². The molecule has 1 fully saturated rings. The molecule has 0 aliphatic carbocycles. The maximum Gasteiger partial charge on any atom is 0.0594 e. The highest BCUT2D eigenvalue weighted by Crippen LogP contribution is 2.21. The third kappa shape index (κ3) is 4.99. The molecule has 1 saturated heterocycles. The Balaban J connectivity index is 1.84. The van der Waals surface area contributed by atoms with E-state index in [1.165, 1.54) is 5.56 Å². The summed E-state index contributed by atoms with van der Waals surface area (Å²) in [6, 6.07) is 8.62. The number of hydrogen-bond acceptors (Lipinski definition) is 4. The van der Waals surface area contributed by atoms with Crippen LogP contribution in [0.15, 0.2) is 24.3 Å². The fourth-order valence-electron chi connectivity index (χ4n) is 2.35. The fourth-order valence-corrected chi connectivity index (χ4v) is 2.35. The molecule has 2 rings (SSSR count). The topological polar surface area (TPSA) is 44.7 Å². The van der Waals surface area contributed by atoms with Crippen molar-refractivity contribution in [3.8, 4) is 0 Å². The van der Waals surface area contributed by atoms with Gasteiger partial charge < -0.3 is 15.2 Å². The molecule has 1 aromatic carbocycles. The highest BCUT2D eigenvalue weighted by Gasteiger charge is 2.20. The Kier molecular flexibility index (Phi) is 6.03. The van der Waals surface area contributed by atoms with Gasteiger partial charge in [0.05, 0.1) is 19.8 Å². The number of hydrogen-bond donors (Lipinski definition) is 2. The number of aliphatic hydroxyl groups excluding tert-OH is 1. The van der Waals surface area contributed by atoms with E-state index in [0.717, 1.165) is 51.5 Å². The molecule has 1 aliphatic heterocycles. The van der Waals surface area contributed by atoms with Gasteiger partial charge in [0.25, 0.3) is 0 Å². The summed E-state index contributed by atoms with van der Waals surface area (Å²) in [7, 11) is 0. The lowest BCUT2D eigenvalue weighted by Crippen LogP contribution is -2.35. The van der Waals surface area contributed by atoms with Crippen molar-refractivity contribution in [3.05, 3.63) is 29.8 Å². The van der Waals surface area contributed by atoms with Gasteiger partial charge in [0.15, 0.2) is 0 Å². The quantitative estimate of drug-likeness (QED) is 0.809. The van der Waals surface area contributed by atoms with E-state index in [9.17, 15) is 5.11 Å². The molecule has 1 aromatic rings. The number of morpholine rings is 1. The molecule has 118 valence electrons. The van der Waals surface area contributed by atoms with Crippen molar-refractivity contribution < 1.29 is 9.84 Å². The summed E-state index contributed by atoms with van der Waals surface area (Å²) in [5.74, 6) is 0. The Labute approximate surface area is 128 Å². The molecule has 0 spiro atoms. The number of ether oxygens (including phenoxy) is 1. The highest BCUT2D eigenvalue weighted by atomic mass is 16.5. The van der Waals surface area contributed by atoms with Gasteiger partial charge in [-0.15, -0.1) is 0 Å². The van der Waals surface area contributed by atoms with Gasteiger partial charge in [-0.3, -0.25) is 4.90 Å². The molecule has 0 aromatic heterocycles. The average molecular weight is 292 g/mol. The van der Waals surface area contributed by atoms with E-state index < -0.39 is 0 Å². The first kappa shape index (κ1) is 16.3. The minimum Gasteiger partial charge on any atom is -0.396 e. The molecule has 0 bridgehead atoms. The van der Waals surface area contributed by atoms with Crippen LogP contribution in [0.1, 0.15) is 25.8 Å². The summed E-state index contributed by atoms with van der Waals surface area (Å²) < 4.78 is 5.37. The zero-order chi connectivity index (χ0) is 15.1. The summed E-state index contributed by atoms with van der Waals surface area (Å²) in [4.78, 5) is 2.42. The minimum atomic E-state index is -0.0491. The smallest absolute Gasteiger partial charge is 0.0594 e. The molecule has 4 heteroatoms. The van der Waals surface area contributed by atoms with E-state index >= 15 is 0 Å². The Morgan fingerprint density at radius 3 is 2.48 bits per heavy atom. The number of nitrogens with zero attached hydrogens (tertiary/aromatic N) is 1. The predicted octanol–water partition coefficient (Wildman–Crippen LogP) is 2.34. The number of rotatable bonds is 7. The average Bonchev–Trinajstić information content (AvgIpc) is 2.55. The molecule has 0 saturated carbocycles. The monoisotopic (exact) mass is 292 g/mol. The Morgan fingerprint density at radius 2 is 1.90 bits per heavy atom. The van der Waals surface area contributed by atoms with Crippen molar-refractivity contribution in [2.45, 2.75) is 26.8 Å². The predicted molar refractivity (Wildman–Crippen MR) is 86.5 cm³/mol. The number of aliphatic hydroxyl groups is 1. The van der Waals surface area contributed by atoms with Crippen LogP contribution in [0.25, 0.3) is 0 Å². The highest BCUT2D eigenvalue weighted by molar-refractivity contribution is 5.44. The van der Waals surface area contributed by atoms with Gasteiger partial charge in [-0.2, -0.15) is 0 Å². The standard InChI is InChI=1S/C17H28N2O2/c1-3-17(2,14-20)13-18-16-6-4-15(5-7-16)12-19-8-10-21-11-9-19/h4-7,18,20H,3,8-14H2,1-2H3. The zero-order valence-electron chi connectivity index (χ0n) is 13.3. The van der Waals surface area contributed by atoms with E-state index in [1.807, 2.05) is 0 Å². The Morgan fingerprint density at radius 1 is 1.24 bits per heavy atom. The van der Waals surface area contributed by atoms with Gasteiger partial charge in [-0.25, -0.2) is 0 Å². The number of anilines is 1. The zero-order valence-corrected chi connectivity index (χ0v) is 13.3. The van der Waals surface area contributed by atoms with E-state index in [2.05, 4.69) is 48.3 Å². The van der Waals surface area contributed by atoms with Crippen molar-refractivity contribution in [1.82, 2.24) is 4.90 Å². The van der Waals surface area contributed by atoms with Crippen LogP contribution in [0.3, 0.4) is 0 Å². The van der Waals surface area contributed by atoms with E-state index in [4.69, 9.17) is 4.74 Å². The molecule has 2 N–H and O–H groups in total. The van der Waals surface area contributed by atoms with Crippen LogP contribution in [-0.4, -0.2) is 49.5 Å². The van der Waals surface area contributed by atoms with E-state index in [-0.39, 0.29) is 12.0 Å². The summed E-state index contributed by atoms with van der Waals surface area (Å²) in [5.41, 5.74) is 2.41. The molecule has 4 nitrogen and oxygen atoms in total.